The van der Waals surface area contributed by atoms with Gasteiger partial charge < -0.3 is 9.64 Å². The van der Waals surface area contributed by atoms with Gasteiger partial charge in [-0.25, -0.2) is 5.43 Å². The molecule has 0 atom stereocenters. The first-order chi connectivity index (χ1) is 10.1. The lowest BCUT2D eigenvalue weighted by molar-refractivity contribution is -0.145. The van der Waals surface area contributed by atoms with Crippen molar-refractivity contribution in [2.45, 2.75) is 20.8 Å². The van der Waals surface area contributed by atoms with E-state index in [4.69, 9.17) is 4.74 Å². The van der Waals surface area contributed by atoms with Crippen LogP contribution in [0.3, 0.4) is 0 Å². The van der Waals surface area contributed by atoms with Gasteiger partial charge in [-0.15, -0.1) is 0 Å². The molecular formula is C15H21N3O3. The molecule has 0 unspecified atom stereocenters. The summed E-state index contributed by atoms with van der Waals surface area (Å²) < 4.78 is 5.32. The number of ether oxygens (including phenoxy) is 1. The number of hydrazone groups is 1. The van der Waals surface area contributed by atoms with E-state index in [1.165, 1.54) is 11.1 Å². The fourth-order valence-electron chi connectivity index (χ4n) is 1.68. The quantitative estimate of drug-likeness (QED) is 0.489. The lowest BCUT2D eigenvalue weighted by atomic mass is 10.2. The van der Waals surface area contributed by atoms with E-state index in [-0.39, 0.29) is 0 Å². The van der Waals surface area contributed by atoms with Crippen LogP contribution >= 0.6 is 0 Å². The number of benzene rings is 1. The Kier molecular flexibility index (Phi) is 6.94. The highest BCUT2D eigenvalue weighted by molar-refractivity contribution is 6.34. The third kappa shape index (κ3) is 5.25. The highest BCUT2D eigenvalue weighted by Crippen LogP contribution is 2.10. The fourth-order valence-corrected chi connectivity index (χ4v) is 1.68. The van der Waals surface area contributed by atoms with E-state index < -0.39 is 11.8 Å². The van der Waals surface area contributed by atoms with Gasteiger partial charge in [-0.3, -0.25) is 9.59 Å². The van der Waals surface area contributed by atoms with Crippen molar-refractivity contribution in [1.82, 2.24) is 10.3 Å². The topological polar surface area (TPSA) is 71.0 Å². The zero-order valence-corrected chi connectivity index (χ0v) is 12.6. The van der Waals surface area contributed by atoms with Gasteiger partial charge in [0.15, 0.2) is 0 Å². The number of carbonyl (C=O) groups excluding carboxylic acids is 2. The smallest absolute Gasteiger partial charge is 0.329 e. The van der Waals surface area contributed by atoms with E-state index in [2.05, 4.69) is 10.5 Å². The summed E-state index contributed by atoms with van der Waals surface area (Å²) in [6, 6.07) is 7.25. The Hall–Kier alpha value is -2.37. The minimum absolute atomic E-state index is 0.491. The van der Waals surface area contributed by atoms with Crippen molar-refractivity contribution < 1.29 is 14.3 Å². The molecule has 0 bridgehead atoms. The minimum atomic E-state index is -0.735. The van der Waals surface area contributed by atoms with Gasteiger partial charge in [0.05, 0.1) is 12.8 Å². The Balaban J connectivity index is 2.53. The molecule has 1 aromatic rings. The van der Waals surface area contributed by atoms with Gasteiger partial charge >= 0.3 is 11.8 Å². The molecule has 0 spiro atoms. The molecule has 1 N–H and O–H groups in total. The largest absolute Gasteiger partial charge is 0.494 e. The number of rotatable bonds is 6. The average molecular weight is 291 g/mol. The number of nitrogens with one attached hydrogen (secondary N) is 1. The van der Waals surface area contributed by atoms with Gasteiger partial charge in [0.25, 0.3) is 0 Å². The zero-order chi connectivity index (χ0) is 15.7. The molecule has 1 aromatic carbocycles. The third-order valence-electron chi connectivity index (χ3n) is 2.82. The second kappa shape index (κ2) is 8.73. The van der Waals surface area contributed by atoms with Crippen molar-refractivity contribution in [3.63, 3.8) is 0 Å². The van der Waals surface area contributed by atoms with Gasteiger partial charge in [0, 0.05) is 13.1 Å². The van der Waals surface area contributed by atoms with E-state index in [0.29, 0.717) is 19.7 Å². The molecule has 0 aromatic heterocycles. The normalized spacial score (nSPS) is 10.4. The van der Waals surface area contributed by atoms with E-state index in [1.807, 2.05) is 45.0 Å². The lowest BCUT2D eigenvalue weighted by Gasteiger charge is -2.16. The summed E-state index contributed by atoms with van der Waals surface area (Å²) >= 11 is 0. The number of likely N-dealkylation sites (N-methyl/N-ethyl adjacent to an activating group) is 1. The monoisotopic (exact) mass is 291 g/mol. The maximum atomic E-state index is 11.7. The van der Waals surface area contributed by atoms with Gasteiger partial charge in [-0.05, 0) is 50.6 Å². The highest BCUT2D eigenvalue weighted by atomic mass is 16.5. The predicted molar refractivity (Wildman–Crippen MR) is 81.3 cm³/mol. The number of hydrogen-bond donors (Lipinski definition) is 1. The molecule has 1 rings (SSSR count). The molecule has 0 aliphatic rings. The van der Waals surface area contributed by atoms with Gasteiger partial charge in [0.1, 0.15) is 5.75 Å². The first-order valence-electron chi connectivity index (χ1n) is 6.97. The van der Waals surface area contributed by atoms with E-state index in [9.17, 15) is 9.59 Å². The summed E-state index contributed by atoms with van der Waals surface area (Å²) in [5.41, 5.74) is 3.03. The van der Waals surface area contributed by atoms with Crippen LogP contribution in [0.2, 0.25) is 0 Å². The molecule has 21 heavy (non-hydrogen) atoms. The molecule has 6 heteroatoms. The van der Waals surface area contributed by atoms with Crippen LogP contribution < -0.4 is 10.2 Å². The van der Waals surface area contributed by atoms with Crippen molar-refractivity contribution in [2.75, 3.05) is 19.7 Å². The van der Waals surface area contributed by atoms with Crippen LogP contribution in [0.4, 0.5) is 0 Å². The van der Waals surface area contributed by atoms with Crippen LogP contribution in [0.5, 0.6) is 5.75 Å². The van der Waals surface area contributed by atoms with Crippen LogP contribution in [0.1, 0.15) is 26.3 Å². The van der Waals surface area contributed by atoms with Crippen molar-refractivity contribution in [1.29, 1.82) is 0 Å². The molecule has 114 valence electrons. The summed E-state index contributed by atoms with van der Waals surface area (Å²) in [4.78, 5) is 24.7. The predicted octanol–water partition coefficient (Wildman–Crippen LogP) is 1.40. The van der Waals surface area contributed by atoms with Crippen molar-refractivity contribution in [3.8, 4) is 5.75 Å². The molecule has 0 fully saturated rings. The average Bonchev–Trinajstić information content (AvgIpc) is 2.50. The molecule has 0 aliphatic carbocycles. The van der Waals surface area contributed by atoms with Crippen LogP contribution in [-0.2, 0) is 9.59 Å². The Bertz CT molecular complexity index is 493. The lowest BCUT2D eigenvalue weighted by Crippen LogP contribution is -2.41. The van der Waals surface area contributed by atoms with Gasteiger partial charge in [-0.1, -0.05) is 0 Å². The first kappa shape index (κ1) is 16.7. The molecule has 6 nitrogen and oxygen atoms in total. The second-order valence-electron chi connectivity index (χ2n) is 4.18. The van der Waals surface area contributed by atoms with E-state index >= 15 is 0 Å². The number of nitrogens with zero attached hydrogens (tertiary/aromatic N) is 2. The summed E-state index contributed by atoms with van der Waals surface area (Å²) in [5.74, 6) is -0.542. The fraction of sp³-hybridized carbons (Fsp3) is 0.400. The molecule has 0 radical (unpaired) electrons. The van der Waals surface area contributed by atoms with Gasteiger partial charge in [0.2, 0.25) is 0 Å². The number of amides is 2. The molecule has 2 amide bonds. The second-order valence-corrected chi connectivity index (χ2v) is 4.18. The maximum Gasteiger partial charge on any atom is 0.329 e. The summed E-state index contributed by atoms with van der Waals surface area (Å²) in [6.07, 6.45) is 1.48. The number of hydrogen-bond acceptors (Lipinski definition) is 4. The van der Waals surface area contributed by atoms with E-state index in [0.717, 1.165) is 11.3 Å². The number of carbonyl (C=O) groups is 2. The summed E-state index contributed by atoms with van der Waals surface area (Å²) in [7, 11) is 0. The Morgan fingerprint density at radius 1 is 1.19 bits per heavy atom. The van der Waals surface area contributed by atoms with Crippen LogP contribution in [-0.4, -0.2) is 42.6 Å². The standard InChI is InChI=1S/C15H21N3O3/c1-4-18(5-2)15(20)14(19)17-16-11-12-7-9-13(10-8-12)21-6-3/h7-11H,4-6H2,1-3H3,(H,17,19)/b16-11+. The Morgan fingerprint density at radius 2 is 1.81 bits per heavy atom. The first-order valence-corrected chi connectivity index (χ1v) is 6.97. The van der Waals surface area contributed by atoms with Gasteiger partial charge in [-0.2, -0.15) is 5.10 Å². The SMILES string of the molecule is CCOc1ccc(/C=N/NC(=O)C(=O)N(CC)CC)cc1. The highest BCUT2D eigenvalue weighted by Gasteiger charge is 2.18. The Labute approximate surface area is 124 Å². The summed E-state index contributed by atoms with van der Waals surface area (Å²) in [6.45, 7) is 7.14. The molecule has 0 heterocycles. The van der Waals surface area contributed by atoms with Crippen LogP contribution in [0.25, 0.3) is 0 Å². The van der Waals surface area contributed by atoms with Crippen molar-refractivity contribution in [3.05, 3.63) is 29.8 Å². The van der Waals surface area contributed by atoms with Crippen molar-refractivity contribution in [2.24, 2.45) is 5.10 Å². The van der Waals surface area contributed by atoms with Crippen LogP contribution in [0.15, 0.2) is 29.4 Å². The molecule has 0 saturated heterocycles. The minimum Gasteiger partial charge on any atom is -0.494 e. The third-order valence-corrected chi connectivity index (χ3v) is 2.82. The molecular weight excluding hydrogens is 270 g/mol. The van der Waals surface area contributed by atoms with Crippen molar-refractivity contribution >= 4 is 18.0 Å². The summed E-state index contributed by atoms with van der Waals surface area (Å²) in [5, 5.41) is 3.78. The Morgan fingerprint density at radius 3 is 2.33 bits per heavy atom. The van der Waals surface area contributed by atoms with Crippen LogP contribution in [0, 0.1) is 0 Å². The van der Waals surface area contributed by atoms with E-state index in [1.54, 1.807) is 0 Å². The maximum absolute atomic E-state index is 11.7. The zero-order valence-electron chi connectivity index (χ0n) is 12.6. The molecule has 0 aliphatic heterocycles. The molecule has 0 saturated carbocycles.